The summed E-state index contributed by atoms with van der Waals surface area (Å²) in [5.74, 6) is -4.16. The molecule has 1 atom stereocenters. The van der Waals surface area contributed by atoms with E-state index in [2.05, 4.69) is 0 Å². The summed E-state index contributed by atoms with van der Waals surface area (Å²) in [6.07, 6.45) is -5.00. The van der Waals surface area contributed by atoms with E-state index in [0.29, 0.717) is 5.75 Å². The second kappa shape index (κ2) is 5.20. The molecule has 0 radical (unpaired) electrons. The Balaban J connectivity index is 2.90. The van der Waals surface area contributed by atoms with Crippen LogP contribution in [0, 0.1) is 5.92 Å². The molecule has 1 aromatic carbocycles. The van der Waals surface area contributed by atoms with Crippen molar-refractivity contribution in [1.82, 2.24) is 0 Å². The van der Waals surface area contributed by atoms with Crippen molar-refractivity contribution in [1.29, 1.82) is 0 Å². The first-order valence-electron chi connectivity index (χ1n) is 5.06. The lowest BCUT2D eigenvalue weighted by atomic mass is 9.95. The molecule has 0 fully saturated rings. The monoisotopic (exact) mass is 260 g/mol. The molecule has 1 rings (SSSR count). The molecule has 0 aliphatic carbocycles. The maximum Gasteiger partial charge on any atom is 0.450 e. The van der Waals surface area contributed by atoms with E-state index in [1.807, 2.05) is 0 Å². The zero-order chi connectivity index (χ0) is 13.9. The topological polar surface area (TPSA) is 43.4 Å². The van der Waals surface area contributed by atoms with Gasteiger partial charge in [-0.15, -0.1) is 0 Å². The van der Waals surface area contributed by atoms with Crippen molar-refractivity contribution >= 4 is 11.6 Å². The zero-order valence-electron chi connectivity index (χ0n) is 9.75. The molecular weight excluding hydrogens is 249 g/mol. The summed E-state index contributed by atoms with van der Waals surface area (Å²) in [5, 5.41) is 0. The molecule has 3 nitrogen and oxygen atoms in total. The summed E-state index contributed by atoms with van der Waals surface area (Å²) >= 11 is 0. The van der Waals surface area contributed by atoms with Crippen molar-refractivity contribution < 1.29 is 27.5 Å². The number of rotatable bonds is 4. The highest BCUT2D eigenvalue weighted by Crippen LogP contribution is 2.23. The first-order valence-corrected chi connectivity index (χ1v) is 5.06. The van der Waals surface area contributed by atoms with Gasteiger partial charge in [0.2, 0.25) is 5.78 Å². The minimum absolute atomic E-state index is 0.0425. The Bertz CT molecular complexity index is 449. The summed E-state index contributed by atoms with van der Waals surface area (Å²) in [6, 6.07) is 5.53. The van der Waals surface area contributed by atoms with Gasteiger partial charge in [0.05, 0.1) is 13.0 Å². The number of carbonyl (C=O) groups is 2. The number of carbonyl (C=O) groups excluding carboxylic acids is 2. The van der Waals surface area contributed by atoms with Gasteiger partial charge in [0.25, 0.3) is 0 Å². The molecule has 0 saturated carbocycles. The molecule has 0 bridgehead atoms. The third-order valence-corrected chi connectivity index (χ3v) is 2.44. The van der Waals surface area contributed by atoms with Gasteiger partial charge in [-0.3, -0.25) is 9.59 Å². The second-order valence-electron chi connectivity index (χ2n) is 3.68. The Hall–Kier alpha value is -1.85. The molecule has 98 valence electrons. The Kier molecular flexibility index (Phi) is 4.11. The van der Waals surface area contributed by atoms with Crippen molar-refractivity contribution in [3.05, 3.63) is 29.8 Å². The molecule has 0 aliphatic rings. The summed E-state index contributed by atoms with van der Waals surface area (Å²) < 4.78 is 41.4. The van der Waals surface area contributed by atoms with Crippen molar-refractivity contribution in [2.75, 3.05) is 7.11 Å². The van der Waals surface area contributed by atoms with Gasteiger partial charge in [0.15, 0.2) is 5.78 Å². The molecule has 1 unspecified atom stereocenters. The molecule has 0 saturated heterocycles. The lowest BCUT2D eigenvalue weighted by Gasteiger charge is -2.12. The van der Waals surface area contributed by atoms with Crippen LogP contribution in [0.5, 0.6) is 5.75 Å². The van der Waals surface area contributed by atoms with Gasteiger partial charge in [0, 0.05) is 5.56 Å². The molecule has 0 spiro atoms. The Labute approximate surface area is 102 Å². The number of benzene rings is 1. The van der Waals surface area contributed by atoms with E-state index in [1.165, 1.54) is 31.4 Å². The minimum Gasteiger partial charge on any atom is -0.497 e. The smallest absolute Gasteiger partial charge is 0.450 e. The van der Waals surface area contributed by atoms with E-state index in [0.717, 1.165) is 6.92 Å². The van der Waals surface area contributed by atoms with E-state index in [1.54, 1.807) is 0 Å². The zero-order valence-corrected chi connectivity index (χ0v) is 9.75. The minimum atomic E-state index is -5.00. The summed E-state index contributed by atoms with van der Waals surface area (Å²) in [5.41, 5.74) is 0.0425. The highest BCUT2D eigenvalue weighted by Gasteiger charge is 2.44. The number of ketones is 2. The predicted molar refractivity (Wildman–Crippen MR) is 57.6 cm³/mol. The summed E-state index contributed by atoms with van der Waals surface area (Å²) in [6.45, 7) is 0.947. The lowest BCUT2D eigenvalue weighted by molar-refractivity contribution is -0.173. The number of halogens is 3. The van der Waals surface area contributed by atoms with Crippen molar-refractivity contribution in [3.8, 4) is 5.75 Å². The molecular formula is C12H11F3O3. The van der Waals surface area contributed by atoms with Crippen LogP contribution in [0.15, 0.2) is 24.3 Å². The van der Waals surface area contributed by atoms with Gasteiger partial charge in [-0.1, -0.05) is 0 Å². The summed E-state index contributed by atoms with van der Waals surface area (Å²) in [4.78, 5) is 22.6. The maximum atomic E-state index is 12.2. The van der Waals surface area contributed by atoms with Crippen LogP contribution in [0.1, 0.15) is 17.3 Å². The Morgan fingerprint density at radius 1 is 1.17 bits per heavy atom. The molecule has 0 aliphatic heterocycles. The van der Waals surface area contributed by atoms with Crippen LogP contribution in [0.25, 0.3) is 0 Å². The van der Waals surface area contributed by atoms with E-state index in [9.17, 15) is 22.8 Å². The average Bonchev–Trinajstić information content (AvgIpc) is 2.35. The number of hydrogen-bond donors (Lipinski definition) is 0. The van der Waals surface area contributed by atoms with Gasteiger partial charge in [-0.05, 0) is 31.2 Å². The highest BCUT2D eigenvalue weighted by molar-refractivity contribution is 6.11. The van der Waals surface area contributed by atoms with Crippen LogP contribution in [-0.2, 0) is 4.79 Å². The molecule has 0 N–H and O–H groups in total. The molecule has 1 aromatic rings. The van der Waals surface area contributed by atoms with E-state index in [4.69, 9.17) is 4.74 Å². The molecule has 0 amide bonds. The quantitative estimate of drug-likeness (QED) is 0.617. The van der Waals surface area contributed by atoms with Crippen LogP contribution in [-0.4, -0.2) is 24.9 Å². The van der Waals surface area contributed by atoms with Crippen LogP contribution in [0.2, 0.25) is 0 Å². The first kappa shape index (κ1) is 14.2. The van der Waals surface area contributed by atoms with Gasteiger partial charge >= 0.3 is 6.18 Å². The third kappa shape index (κ3) is 3.09. The Morgan fingerprint density at radius 2 is 1.67 bits per heavy atom. The fraction of sp³-hybridized carbons (Fsp3) is 0.333. The third-order valence-electron chi connectivity index (χ3n) is 2.44. The van der Waals surface area contributed by atoms with Crippen LogP contribution >= 0.6 is 0 Å². The largest absolute Gasteiger partial charge is 0.497 e. The van der Waals surface area contributed by atoms with Crippen molar-refractivity contribution in [2.45, 2.75) is 13.1 Å². The first-order chi connectivity index (χ1) is 8.27. The van der Waals surface area contributed by atoms with Gasteiger partial charge < -0.3 is 4.74 Å². The number of alkyl halides is 3. The van der Waals surface area contributed by atoms with Crippen molar-refractivity contribution in [3.63, 3.8) is 0 Å². The number of Topliss-reactive ketones (excluding diaryl/α,β-unsaturated/α-hetero) is 2. The van der Waals surface area contributed by atoms with E-state index >= 15 is 0 Å². The van der Waals surface area contributed by atoms with Gasteiger partial charge in [0.1, 0.15) is 5.75 Å². The predicted octanol–water partition coefficient (Wildman–Crippen LogP) is 2.65. The standard InChI is InChI=1S/C12H11F3O3/c1-7(11(17)12(13,14)15)10(16)8-3-5-9(18-2)6-4-8/h3-7H,1-2H3. The van der Waals surface area contributed by atoms with Crippen LogP contribution < -0.4 is 4.74 Å². The SMILES string of the molecule is COc1ccc(C(=O)C(C)C(=O)C(F)(F)F)cc1. The van der Waals surface area contributed by atoms with Gasteiger partial charge in [-0.2, -0.15) is 13.2 Å². The van der Waals surface area contributed by atoms with Crippen molar-refractivity contribution in [2.24, 2.45) is 5.92 Å². The highest BCUT2D eigenvalue weighted by atomic mass is 19.4. The van der Waals surface area contributed by atoms with E-state index < -0.39 is 23.7 Å². The maximum absolute atomic E-state index is 12.2. The normalized spacial score (nSPS) is 12.9. The molecule has 0 aromatic heterocycles. The molecule has 18 heavy (non-hydrogen) atoms. The average molecular weight is 260 g/mol. The number of hydrogen-bond acceptors (Lipinski definition) is 3. The summed E-state index contributed by atoms with van der Waals surface area (Å²) in [7, 11) is 1.42. The molecule has 6 heteroatoms. The van der Waals surface area contributed by atoms with Crippen LogP contribution in [0.3, 0.4) is 0 Å². The second-order valence-corrected chi connectivity index (χ2v) is 3.68. The lowest BCUT2D eigenvalue weighted by Crippen LogP contribution is -2.33. The van der Waals surface area contributed by atoms with Gasteiger partial charge in [-0.25, -0.2) is 0 Å². The number of ether oxygens (including phenoxy) is 1. The number of methoxy groups -OCH3 is 1. The molecule has 0 heterocycles. The Morgan fingerprint density at radius 3 is 2.06 bits per heavy atom. The fourth-order valence-corrected chi connectivity index (χ4v) is 1.37. The van der Waals surface area contributed by atoms with Crippen LogP contribution in [0.4, 0.5) is 13.2 Å². The fourth-order valence-electron chi connectivity index (χ4n) is 1.37. The van der Waals surface area contributed by atoms with E-state index in [-0.39, 0.29) is 5.56 Å².